The van der Waals surface area contributed by atoms with Gasteiger partial charge in [0.05, 0.1) is 6.04 Å². The van der Waals surface area contributed by atoms with E-state index in [2.05, 4.69) is 54.9 Å². The molecule has 1 atom stereocenters. The summed E-state index contributed by atoms with van der Waals surface area (Å²) in [6.07, 6.45) is 2.94. The molecule has 1 unspecified atom stereocenters. The number of hydrogen-bond donors (Lipinski definition) is 2. The fourth-order valence-corrected chi connectivity index (χ4v) is 2.91. The Morgan fingerprint density at radius 1 is 1.05 bits per heavy atom. The lowest BCUT2D eigenvalue weighted by Crippen LogP contribution is -2.19. The molecule has 2 N–H and O–H groups in total. The highest BCUT2D eigenvalue weighted by Gasteiger charge is 2.23. The fraction of sp³-hybridized carbons (Fsp3) is 0.176. The molecule has 2 nitrogen and oxygen atoms in total. The van der Waals surface area contributed by atoms with Crippen molar-refractivity contribution in [2.75, 3.05) is 0 Å². The maximum Gasteiger partial charge on any atom is 0.0615 e. The third kappa shape index (κ3) is 1.99. The van der Waals surface area contributed by atoms with Gasteiger partial charge >= 0.3 is 0 Å². The lowest BCUT2D eigenvalue weighted by atomic mass is 9.94. The van der Waals surface area contributed by atoms with Crippen molar-refractivity contribution in [3.8, 4) is 0 Å². The van der Waals surface area contributed by atoms with Gasteiger partial charge in [0.2, 0.25) is 0 Å². The van der Waals surface area contributed by atoms with Gasteiger partial charge in [0.25, 0.3) is 0 Å². The van der Waals surface area contributed by atoms with Crippen molar-refractivity contribution in [3.63, 3.8) is 0 Å². The van der Waals surface area contributed by atoms with Gasteiger partial charge in [-0.25, -0.2) is 0 Å². The van der Waals surface area contributed by atoms with Crippen LogP contribution >= 0.6 is 0 Å². The molecular weight excluding hydrogens is 234 g/mol. The molecule has 2 aromatic carbocycles. The zero-order chi connectivity index (χ0) is 13.2. The zero-order valence-corrected chi connectivity index (χ0v) is 10.9. The van der Waals surface area contributed by atoms with Gasteiger partial charge in [0.1, 0.15) is 0 Å². The van der Waals surface area contributed by atoms with Crippen molar-refractivity contribution < 1.29 is 5.21 Å². The minimum absolute atomic E-state index is 0.0604. The zero-order valence-electron chi connectivity index (χ0n) is 10.9. The molecule has 0 spiro atoms. The van der Waals surface area contributed by atoms with Crippen LogP contribution < -0.4 is 5.48 Å². The number of allylic oxidation sites excluding steroid dienone is 1. The third-order valence-electron chi connectivity index (χ3n) is 3.80. The lowest BCUT2D eigenvalue weighted by Gasteiger charge is -2.15. The predicted octanol–water partition coefficient (Wildman–Crippen LogP) is 3.71. The largest absolute Gasteiger partial charge is 0.316 e. The summed E-state index contributed by atoms with van der Waals surface area (Å²) in [6.45, 7) is 2.07. The van der Waals surface area contributed by atoms with Crippen LogP contribution in [0.25, 0.3) is 5.57 Å². The summed E-state index contributed by atoms with van der Waals surface area (Å²) in [5.41, 5.74) is 8.56. The number of nitrogens with one attached hydrogen (secondary N) is 1. The Bertz CT molecular complexity index is 631. The van der Waals surface area contributed by atoms with Crippen molar-refractivity contribution in [2.24, 2.45) is 0 Å². The molecule has 0 aromatic heterocycles. The molecule has 3 rings (SSSR count). The molecule has 2 heteroatoms. The van der Waals surface area contributed by atoms with Gasteiger partial charge in [-0.3, -0.25) is 0 Å². The molecule has 0 amide bonds. The van der Waals surface area contributed by atoms with Crippen LogP contribution in [0.4, 0.5) is 0 Å². The highest BCUT2D eigenvalue weighted by atomic mass is 16.5. The van der Waals surface area contributed by atoms with E-state index in [1.54, 1.807) is 0 Å². The molecular formula is C17H17NO. The maximum atomic E-state index is 9.48. The molecule has 0 radical (unpaired) electrons. The summed E-state index contributed by atoms with van der Waals surface area (Å²) in [7, 11) is 0. The average Bonchev–Trinajstić information content (AvgIpc) is 2.61. The molecule has 0 fully saturated rings. The summed E-state index contributed by atoms with van der Waals surface area (Å²) < 4.78 is 0. The highest BCUT2D eigenvalue weighted by Crippen LogP contribution is 2.37. The van der Waals surface area contributed by atoms with E-state index in [1.165, 1.54) is 22.3 Å². The second kappa shape index (κ2) is 5.00. The second-order valence-corrected chi connectivity index (χ2v) is 4.83. The Hall–Kier alpha value is -1.90. The normalized spacial score (nSPS) is 19.7. The van der Waals surface area contributed by atoms with E-state index in [-0.39, 0.29) is 6.04 Å². The van der Waals surface area contributed by atoms with Gasteiger partial charge in [-0.1, -0.05) is 54.6 Å². The number of hydrogen-bond acceptors (Lipinski definition) is 2. The summed E-state index contributed by atoms with van der Waals surface area (Å²) in [5, 5.41) is 9.48. The molecule has 1 aliphatic rings. The number of hydroxylamine groups is 1. The quantitative estimate of drug-likeness (QED) is 0.757. The first-order valence-electron chi connectivity index (χ1n) is 6.58. The molecule has 0 saturated carbocycles. The van der Waals surface area contributed by atoms with Crippen LogP contribution in [0.5, 0.6) is 0 Å². The van der Waals surface area contributed by atoms with Crippen LogP contribution in [0.2, 0.25) is 0 Å². The average molecular weight is 251 g/mol. The fourth-order valence-electron chi connectivity index (χ4n) is 2.91. The van der Waals surface area contributed by atoms with E-state index in [1.807, 2.05) is 12.1 Å². The molecule has 96 valence electrons. The SMILES string of the molecule is CC=C1c2ccccc2CC(NO)c2ccccc21. The lowest BCUT2D eigenvalue weighted by molar-refractivity contribution is 0.126. The third-order valence-corrected chi connectivity index (χ3v) is 3.80. The first-order chi connectivity index (χ1) is 9.35. The van der Waals surface area contributed by atoms with E-state index in [0.717, 1.165) is 12.0 Å². The number of benzene rings is 2. The smallest absolute Gasteiger partial charge is 0.0615 e. The topological polar surface area (TPSA) is 32.3 Å². The van der Waals surface area contributed by atoms with Crippen LogP contribution in [-0.4, -0.2) is 5.21 Å². The second-order valence-electron chi connectivity index (χ2n) is 4.83. The Labute approximate surface area is 113 Å². The summed E-state index contributed by atoms with van der Waals surface area (Å²) in [5.74, 6) is 0. The molecule has 0 bridgehead atoms. The van der Waals surface area contributed by atoms with Gasteiger partial charge in [-0.05, 0) is 41.2 Å². The van der Waals surface area contributed by atoms with Crippen molar-refractivity contribution in [1.82, 2.24) is 5.48 Å². The van der Waals surface area contributed by atoms with Crippen LogP contribution in [0.15, 0.2) is 54.6 Å². The maximum absolute atomic E-state index is 9.48. The number of fused-ring (bicyclic) bond motifs is 2. The standard InChI is InChI=1S/C17H17NO/c1-2-13-14-8-4-3-7-12(14)11-17(18-19)16-10-6-5-9-15(13)16/h2-10,17-19H,11H2,1H3. The van der Waals surface area contributed by atoms with Crippen molar-refractivity contribution in [2.45, 2.75) is 19.4 Å². The van der Waals surface area contributed by atoms with E-state index in [0.29, 0.717) is 0 Å². The Kier molecular flexibility index (Phi) is 3.20. The van der Waals surface area contributed by atoms with Crippen LogP contribution in [-0.2, 0) is 6.42 Å². The molecule has 0 saturated heterocycles. The predicted molar refractivity (Wildman–Crippen MR) is 77.0 cm³/mol. The molecule has 0 aliphatic heterocycles. The summed E-state index contributed by atoms with van der Waals surface area (Å²) in [6, 6.07) is 16.6. The minimum Gasteiger partial charge on any atom is -0.316 e. The van der Waals surface area contributed by atoms with Crippen molar-refractivity contribution in [1.29, 1.82) is 0 Å². The molecule has 19 heavy (non-hydrogen) atoms. The van der Waals surface area contributed by atoms with E-state index in [4.69, 9.17) is 0 Å². The van der Waals surface area contributed by atoms with Gasteiger partial charge in [0, 0.05) is 0 Å². The van der Waals surface area contributed by atoms with Crippen LogP contribution in [0, 0.1) is 0 Å². The van der Waals surface area contributed by atoms with Crippen LogP contribution in [0.3, 0.4) is 0 Å². The van der Waals surface area contributed by atoms with Gasteiger partial charge in [-0.15, -0.1) is 0 Å². The monoisotopic (exact) mass is 251 g/mol. The van der Waals surface area contributed by atoms with Crippen LogP contribution in [0.1, 0.15) is 35.2 Å². The summed E-state index contributed by atoms with van der Waals surface area (Å²) in [4.78, 5) is 0. The first kappa shape index (κ1) is 12.2. The van der Waals surface area contributed by atoms with Gasteiger partial charge in [0.15, 0.2) is 0 Å². The highest BCUT2D eigenvalue weighted by molar-refractivity contribution is 5.84. The van der Waals surface area contributed by atoms with E-state index < -0.39 is 0 Å². The first-order valence-corrected chi connectivity index (χ1v) is 6.58. The van der Waals surface area contributed by atoms with E-state index >= 15 is 0 Å². The Balaban J connectivity index is 2.29. The molecule has 1 aliphatic carbocycles. The minimum atomic E-state index is -0.0604. The molecule has 0 heterocycles. The summed E-state index contributed by atoms with van der Waals surface area (Å²) >= 11 is 0. The van der Waals surface area contributed by atoms with Gasteiger partial charge < -0.3 is 5.21 Å². The van der Waals surface area contributed by atoms with Gasteiger partial charge in [-0.2, -0.15) is 5.48 Å². The van der Waals surface area contributed by atoms with Crippen molar-refractivity contribution >= 4 is 5.57 Å². The Morgan fingerprint density at radius 3 is 2.47 bits per heavy atom. The molecule has 2 aromatic rings. The van der Waals surface area contributed by atoms with E-state index in [9.17, 15) is 5.21 Å². The Morgan fingerprint density at radius 2 is 1.74 bits per heavy atom. The number of rotatable bonds is 1. The van der Waals surface area contributed by atoms with Crippen molar-refractivity contribution in [3.05, 3.63) is 76.9 Å².